The van der Waals surface area contributed by atoms with E-state index >= 15 is 0 Å². The Bertz CT molecular complexity index is 617. The third kappa shape index (κ3) is 18.4. The van der Waals surface area contributed by atoms with E-state index in [-0.39, 0.29) is 11.8 Å². The molecule has 0 saturated heterocycles. The molecule has 2 amide bonds. The monoisotopic (exact) mass is 500 g/mol. The number of hydrogen-bond donors (Lipinski definition) is 2. The Morgan fingerprint density at radius 3 is 1.14 bits per heavy atom. The molecule has 0 atom stereocenters. The molecule has 1 aromatic rings. The van der Waals surface area contributed by atoms with Gasteiger partial charge in [-0.05, 0) is 24.0 Å². The molecule has 0 saturated carbocycles. The summed E-state index contributed by atoms with van der Waals surface area (Å²) in [5.41, 5.74) is 2.17. The Morgan fingerprint density at radius 2 is 0.806 bits per heavy atom. The number of unbranched alkanes of at least 4 members (excludes halogenated alkanes) is 16. The van der Waals surface area contributed by atoms with Gasteiger partial charge in [-0.1, -0.05) is 141 Å². The number of nitrogens with one attached hydrogen (secondary N) is 2. The molecule has 0 aliphatic heterocycles. The van der Waals surface area contributed by atoms with Gasteiger partial charge in [0, 0.05) is 25.9 Å². The molecule has 1 aromatic carbocycles. The normalized spacial score (nSPS) is 10.9. The summed E-state index contributed by atoms with van der Waals surface area (Å²) in [5.74, 6) is 0.254. The minimum absolute atomic E-state index is 0.127. The molecule has 2 N–H and O–H groups in total. The lowest BCUT2D eigenvalue weighted by atomic mass is 10.1. The fraction of sp³-hybridized carbons (Fsp3) is 0.750. The molecule has 206 valence electrons. The van der Waals surface area contributed by atoms with Gasteiger partial charge in [-0.3, -0.25) is 9.59 Å². The van der Waals surface area contributed by atoms with Crippen LogP contribution in [0.3, 0.4) is 0 Å². The summed E-state index contributed by atoms with van der Waals surface area (Å²) in [4.78, 5) is 24.6. The Kier molecular flexibility index (Phi) is 21.1. The highest BCUT2D eigenvalue weighted by molar-refractivity contribution is 5.76. The zero-order chi connectivity index (χ0) is 26.1. The van der Waals surface area contributed by atoms with Crippen LogP contribution in [-0.4, -0.2) is 11.8 Å². The van der Waals surface area contributed by atoms with Crippen LogP contribution in [0.25, 0.3) is 0 Å². The number of benzene rings is 1. The average molecular weight is 501 g/mol. The maximum absolute atomic E-state index is 12.3. The summed E-state index contributed by atoms with van der Waals surface area (Å²) in [5, 5.41) is 6.14. The van der Waals surface area contributed by atoms with Crippen LogP contribution in [0.1, 0.15) is 153 Å². The maximum atomic E-state index is 12.3. The zero-order valence-electron chi connectivity index (χ0n) is 23.7. The number of carbonyl (C=O) groups is 2. The van der Waals surface area contributed by atoms with E-state index in [1.165, 1.54) is 89.9 Å². The van der Waals surface area contributed by atoms with Gasteiger partial charge < -0.3 is 10.6 Å². The van der Waals surface area contributed by atoms with Crippen LogP contribution >= 0.6 is 0 Å². The van der Waals surface area contributed by atoms with Crippen molar-refractivity contribution in [1.82, 2.24) is 10.6 Å². The van der Waals surface area contributed by atoms with E-state index < -0.39 is 0 Å². The molecule has 0 bridgehead atoms. The van der Waals surface area contributed by atoms with Crippen LogP contribution < -0.4 is 10.6 Å². The van der Waals surface area contributed by atoms with Gasteiger partial charge in [-0.2, -0.15) is 0 Å². The number of rotatable bonds is 24. The SMILES string of the molecule is CCCCCCCCCCCC(=O)NCc1ccccc1CNC(=O)CCCCCCCCCCC. The Balaban J connectivity index is 2.13. The number of amides is 2. The molecule has 4 nitrogen and oxygen atoms in total. The van der Waals surface area contributed by atoms with E-state index in [1.807, 2.05) is 24.3 Å². The Morgan fingerprint density at radius 1 is 0.500 bits per heavy atom. The van der Waals surface area contributed by atoms with Gasteiger partial charge in [0.05, 0.1) is 0 Å². The van der Waals surface area contributed by atoms with Gasteiger partial charge in [0.1, 0.15) is 0 Å². The summed E-state index contributed by atoms with van der Waals surface area (Å²) in [6, 6.07) is 8.08. The molecule has 36 heavy (non-hydrogen) atoms. The number of hydrogen-bond acceptors (Lipinski definition) is 2. The maximum Gasteiger partial charge on any atom is 0.220 e. The summed E-state index contributed by atoms with van der Waals surface area (Å²) in [7, 11) is 0. The van der Waals surface area contributed by atoms with Crippen LogP contribution in [-0.2, 0) is 22.7 Å². The van der Waals surface area contributed by atoms with Crippen LogP contribution in [0, 0.1) is 0 Å². The fourth-order valence-corrected chi connectivity index (χ4v) is 4.66. The molecular weight excluding hydrogens is 444 g/mol. The van der Waals surface area contributed by atoms with Crippen molar-refractivity contribution in [3.63, 3.8) is 0 Å². The summed E-state index contributed by atoms with van der Waals surface area (Å²) < 4.78 is 0. The summed E-state index contributed by atoms with van der Waals surface area (Å²) >= 11 is 0. The number of carbonyl (C=O) groups excluding carboxylic acids is 2. The largest absolute Gasteiger partial charge is 0.352 e. The van der Waals surface area contributed by atoms with Crippen molar-refractivity contribution in [3.8, 4) is 0 Å². The molecule has 0 heterocycles. The molecular formula is C32H56N2O2. The second-order valence-electron chi connectivity index (χ2n) is 10.5. The molecule has 1 rings (SSSR count). The average Bonchev–Trinajstić information content (AvgIpc) is 2.89. The minimum Gasteiger partial charge on any atom is -0.352 e. The topological polar surface area (TPSA) is 58.2 Å². The van der Waals surface area contributed by atoms with E-state index in [0.29, 0.717) is 25.9 Å². The molecule has 0 aliphatic rings. The van der Waals surface area contributed by atoms with Crippen LogP contribution in [0.4, 0.5) is 0 Å². The fourth-order valence-electron chi connectivity index (χ4n) is 4.66. The predicted molar refractivity (Wildman–Crippen MR) is 154 cm³/mol. The molecule has 0 aromatic heterocycles. The Labute approximate surface area is 222 Å². The molecule has 0 spiro atoms. The molecule has 4 heteroatoms. The minimum atomic E-state index is 0.127. The third-order valence-electron chi connectivity index (χ3n) is 7.09. The second kappa shape index (κ2) is 23.6. The van der Waals surface area contributed by atoms with E-state index in [9.17, 15) is 9.59 Å². The van der Waals surface area contributed by atoms with Gasteiger partial charge in [0.2, 0.25) is 11.8 Å². The molecule has 0 radical (unpaired) electrons. The quantitative estimate of drug-likeness (QED) is 0.139. The molecule has 0 fully saturated rings. The Hall–Kier alpha value is -1.84. The lowest BCUT2D eigenvalue weighted by Gasteiger charge is -2.12. The van der Waals surface area contributed by atoms with Crippen LogP contribution in [0.5, 0.6) is 0 Å². The molecule has 0 aliphatic carbocycles. The van der Waals surface area contributed by atoms with Crippen molar-refractivity contribution in [2.24, 2.45) is 0 Å². The molecule has 0 unspecified atom stereocenters. The first-order valence-electron chi connectivity index (χ1n) is 15.3. The second-order valence-corrected chi connectivity index (χ2v) is 10.5. The van der Waals surface area contributed by atoms with Crippen LogP contribution in [0.2, 0.25) is 0 Å². The van der Waals surface area contributed by atoms with Gasteiger partial charge >= 0.3 is 0 Å². The highest BCUT2D eigenvalue weighted by atomic mass is 16.2. The van der Waals surface area contributed by atoms with E-state index in [2.05, 4.69) is 24.5 Å². The van der Waals surface area contributed by atoms with Gasteiger partial charge in [0.25, 0.3) is 0 Å². The van der Waals surface area contributed by atoms with Crippen molar-refractivity contribution < 1.29 is 9.59 Å². The highest BCUT2D eigenvalue weighted by Crippen LogP contribution is 2.13. The predicted octanol–water partition coefficient (Wildman–Crippen LogP) is 8.76. The first kappa shape index (κ1) is 32.2. The van der Waals surface area contributed by atoms with Crippen molar-refractivity contribution in [2.45, 2.75) is 155 Å². The lowest BCUT2D eigenvalue weighted by molar-refractivity contribution is -0.122. The van der Waals surface area contributed by atoms with Crippen molar-refractivity contribution >= 4 is 11.8 Å². The highest BCUT2D eigenvalue weighted by Gasteiger charge is 2.07. The first-order chi connectivity index (χ1) is 17.7. The van der Waals surface area contributed by atoms with E-state index in [1.54, 1.807) is 0 Å². The standard InChI is InChI=1S/C32H56N2O2/c1-3-5-7-9-11-13-15-17-19-25-31(35)33-27-29-23-21-22-24-30(29)28-34-32(36)26-20-18-16-14-12-10-8-6-4-2/h21-24H,3-20,25-28H2,1-2H3,(H,33,35)(H,34,36). The zero-order valence-corrected chi connectivity index (χ0v) is 23.7. The van der Waals surface area contributed by atoms with Gasteiger partial charge in [-0.15, -0.1) is 0 Å². The summed E-state index contributed by atoms with van der Waals surface area (Å²) in [6.07, 6.45) is 23.9. The van der Waals surface area contributed by atoms with Gasteiger partial charge in [0.15, 0.2) is 0 Å². The lowest BCUT2D eigenvalue weighted by Crippen LogP contribution is -2.25. The van der Waals surface area contributed by atoms with E-state index in [4.69, 9.17) is 0 Å². The van der Waals surface area contributed by atoms with Crippen molar-refractivity contribution in [2.75, 3.05) is 0 Å². The third-order valence-corrected chi connectivity index (χ3v) is 7.09. The first-order valence-corrected chi connectivity index (χ1v) is 15.3. The van der Waals surface area contributed by atoms with Crippen molar-refractivity contribution in [1.29, 1.82) is 0 Å². The van der Waals surface area contributed by atoms with Crippen LogP contribution in [0.15, 0.2) is 24.3 Å². The summed E-state index contributed by atoms with van der Waals surface area (Å²) in [6.45, 7) is 5.56. The van der Waals surface area contributed by atoms with E-state index in [0.717, 1.165) is 36.8 Å². The van der Waals surface area contributed by atoms with Crippen molar-refractivity contribution in [3.05, 3.63) is 35.4 Å². The smallest absolute Gasteiger partial charge is 0.220 e. The van der Waals surface area contributed by atoms with Gasteiger partial charge in [-0.25, -0.2) is 0 Å².